The molecule has 19 heavy (non-hydrogen) atoms. The smallest absolute Gasteiger partial charge is 0.310 e. The fourth-order valence-electron chi connectivity index (χ4n) is 1.25. The number of carbonyl (C=O) groups excluding carboxylic acids is 3. The second-order valence-electron chi connectivity index (χ2n) is 3.77. The molecule has 0 spiro atoms. The van der Waals surface area contributed by atoms with Crippen LogP contribution in [-0.2, 0) is 14.4 Å². The molecule has 0 radical (unpaired) electrons. The number of amides is 1. The highest BCUT2D eigenvalue weighted by Crippen LogP contribution is 2.16. The first kappa shape index (κ1) is 14.7. The molecule has 0 heterocycles. The Morgan fingerprint density at radius 3 is 2.32 bits per heavy atom. The average Bonchev–Trinajstić information content (AvgIpc) is 2.38. The zero-order valence-corrected chi connectivity index (χ0v) is 10.5. The summed E-state index contributed by atoms with van der Waals surface area (Å²) in [4.78, 5) is 32.6. The second kappa shape index (κ2) is 7.15. The summed E-state index contributed by atoms with van der Waals surface area (Å²) in [5.41, 5.74) is 0.500. The third-order valence-electron chi connectivity index (χ3n) is 2.21. The first-order valence-electron chi connectivity index (χ1n) is 5.81. The van der Waals surface area contributed by atoms with E-state index in [1.54, 1.807) is 31.2 Å². The van der Waals surface area contributed by atoms with Gasteiger partial charge in [0.1, 0.15) is 5.75 Å². The predicted octanol–water partition coefficient (Wildman–Crippen LogP) is 0.471. The molecule has 0 saturated heterocycles. The zero-order chi connectivity index (χ0) is 14.3. The lowest BCUT2D eigenvalue weighted by molar-refractivity contribution is -0.305. The van der Waals surface area contributed by atoms with E-state index in [9.17, 15) is 19.5 Å². The number of hydrogen-bond donors (Lipinski definition) is 1. The number of esters is 1. The highest BCUT2D eigenvalue weighted by atomic mass is 16.5. The van der Waals surface area contributed by atoms with E-state index in [4.69, 9.17) is 4.74 Å². The van der Waals surface area contributed by atoms with E-state index in [-0.39, 0.29) is 25.2 Å². The molecule has 0 unspecified atom stereocenters. The van der Waals surface area contributed by atoms with Gasteiger partial charge in [-0.1, -0.05) is 6.92 Å². The molecule has 0 aliphatic rings. The maximum Gasteiger partial charge on any atom is 0.310 e. The Bertz CT molecular complexity index is 466. The van der Waals surface area contributed by atoms with Crippen molar-refractivity contribution in [3.8, 4) is 5.75 Å². The van der Waals surface area contributed by atoms with Crippen LogP contribution >= 0.6 is 0 Å². The van der Waals surface area contributed by atoms with Gasteiger partial charge in [-0.15, -0.1) is 0 Å². The van der Waals surface area contributed by atoms with Gasteiger partial charge in [-0.3, -0.25) is 9.59 Å². The van der Waals surface area contributed by atoms with Gasteiger partial charge in [-0.05, 0) is 30.7 Å². The number of aliphatic carboxylic acids is 1. The molecule has 0 fully saturated rings. The molecule has 6 nitrogen and oxygen atoms in total. The van der Waals surface area contributed by atoms with Gasteiger partial charge in [0.25, 0.3) is 0 Å². The van der Waals surface area contributed by atoms with E-state index in [0.717, 1.165) is 0 Å². The van der Waals surface area contributed by atoms with Gasteiger partial charge in [0, 0.05) is 24.5 Å². The molecule has 1 N–H and O–H groups in total. The monoisotopic (exact) mass is 264 g/mol. The minimum atomic E-state index is -1.27. The number of rotatable bonds is 6. The van der Waals surface area contributed by atoms with Crippen molar-refractivity contribution in [1.82, 2.24) is 0 Å². The highest BCUT2D eigenvalue weighted by Gasteiger charge is 2.04. The summed E-state index contributed by atoms with van der Waals surface area (Å²) in [7, 11) is 0. The summed E-state index contributed by atoms with van der Waals surface area (Å²) >= 11 is 0. The molecular formula is C13H14NO5-. The van der Waals surface area contributed by atoms with Gasteiger partial charge in [0.15, 0.2) is 0 Å². The van der Waals surface area contributed by atoms with E-state index in [1.807, 2.05) is 0 Å². The Kier molecular flexibility index (Phi) is 5.53. The van der Waals surface area contributed by atoms with Crippen LogP contribution in [-0.4, -0.2) is 17.8 Å². The molecule has 0 aliphatic carbocycles. The summed E-state index contributed by atoms with van der Waals surface area (Å²) in [5.74, 6) is -1.63. The molecule has 0 aromatic heterocycles. The van der Waals surface area contributed by atoms with Gasteiger partial charge >= 0.3 is 5.97 Å². The molecule has 102 valence electrons. The maximum atomic E-state index is 11.3. The first-order chi connectivity index (χ1) is 9.01. The lowest BCUT2D eigenvalue weighted by Gasteiger charge is -2.07. The Morgan fingerprint density at radius 2 is 1.79 bits per heavy atom. The van der Waals surface area contributed by atoms with Gasteiger partial charge in [0.2, 0.25) is 5.91 Å². The van der Waals surface area contributed by atoms with Crippen LogP contribution in [0.1, 0.15) is 26.2 Å². The molecule has 0 saturated carbocycles. The van der Waals surface area contributed by atoms with Crippen LogP contribution in [0.5, 0.6) is 5.75 Å². The molecule has 1 amide bonds. The number of carboxylic acid groups (broad SMARTS) is 1. The van der Waals surface area contributed by atoms with Crippen LogP contribution in [0.25, 0.3) is 0 Å². The molecular weight excluding hydrogens is 250 g/mol. The van der Waals surface area contributed by atoms with Crippen molar-refractivity contribution in [1.29, 1.82) is 0 Å². The standard InChI is InChI=1S/C13H15NO5/c1-2-13(18)19-10-5-3-9(4-6-10)14-11(15)7-8-12(16)17/h3-6H,2,7-8H2,1H3,(H,14,15)(H,16,17)/p-1. The molecule has 6 heteroatoms. The fourth-order valence-corrected chi connectivity index (χ4v) is 1.25. The molecule has 0 bridgehead atoms. The highest BCUT2D eigenvalue weighted by molar-refractivity contribution is 5.92. The number of ether oxygens (including phenoxy) is 1. The largest absolute Gasteiger partial charge is 0.550 e. The van der Waals surface area contributed by atoms with Crippen LogP contribution in [0.2, 0.25) is 0 Å². The van der Waals surface area contributed by atoms with Crippen LogP contribution in [0, 0.1) is 0 Å². The summed E-state index contributed by atoms with van der Waals surface area (Å²) in [5, 5.41) is 12.7. The Hall–Kier alpha value is -2.37. The quantitative estimate of drug-likeness (QED) is 0.595. The number of hydrogen-bond acceptors (Lipinski definition) is 5. The van der Waals surface area contributed by atoms with Gasteiger partial charge in [0.05, 0.1) is 0 Å². The zero-order valence-electron chi connectivity index (χ0n) is 10.5. The first-order valence-corrected chi connectivity index (χ1v) is 5.81. The molecule has 0 atom stereocenters. The maximum absolute atomic E-state index is 11.3. The third kappa shape index (κ3) is 5.67. The van der Waals surface area contributed by atoms with E-state index in [0.29, 0.717) is 11.4 Å². The van der Waals surface area contributed by atoms with Crippen molar-refractivity contribution in [2.24, 2.45) is 0 Å². The fraction of sp³-hybridized carbons (Fsp3) is 0.308. The number of nitrogens with one attached hydrogen (secondary N) is 1. The van der Waals surface area contributed by atoms with Crippen molar-refractivity contribution in [3.05, 3.63) is 24.3 Å². The molecule has 1 rings (SSSR count). The van der Waals surface area contributed by atoms with Crippen LogP contribution in [0.4, 0.5) is 5.69 Å². The van der Waals surface area contributed by atoms with Gasteiger partial charge in [-0.25, -0.2) is 0 Å². The van der Waals surface area contributed by atoms with E-state index in [1.165, 1.54) is 0 Å². The second-order valence-corrected chi connectivity index (χ2v) is 3.77. The number of carbonyl (C=O) groups is 3. The van der Waals surface area contributed by atoms with Crippen molar-refractivity contribution in [3.63, 3.8) is 0 Å². The molecule has 0 aliphatic heterocycles. The Balaban J connectivity index is 2.50. The number of benzene rings is 1. The normalized spacial score (nSPS) is 9.74. The topological polar surface area (TPSA) is 95.5 Å². The van der Waals surface area contributed by atoms with E-state index < -0.39 is 11.9 Å². The third-order valence-corrected chi connectivity index (χ3v) is 2.21. The number of anilines is 1. The minimum Gasteiger partial charge on any atom is -0.550 e. The van der Waals surface area contributed by atoms with Gasteiger partial charge < -0.3 is 20.0 Å². The Morgan fingerprint density at radius 1 is 1.16 bits per heavy atom. The van der Waals surface area contributed by atoms with E-state index >= 15 is 0 Å². The summed E-state index contributed by atoms with van der Waals surface area (Å²) < 4.78 is 4.96. The molecule has 1 aromatic carbocycles. The predicted molar refractivity (Wildman–Crippen MR) is 65.2 cm³/mol. The number of carboxylic acids is 1. The average molecular weight is 264 g/mol. The van der Waals surface area contributed by atoms with Gasteiger partial charge in [-0.2, -0.15) is 0 Å². The molecule has 1 aromatic rings. The summed E-state index contributed by atoms with van der Waals surface area (Å²) in [6, 6.07) is 6.22. The van der Waals surface area contributed by atoms with Crippen LogP contribution < -0.4 is 15.2 Å². The SMILES string of the molecule is CCC(=O)Oc1ccc(NC(=O)CCC(=O)[O-])cc1. The lowest BCUT2D eigenvalue weighted by atomic mass is 10.2. The lowest BCUT2D eigenvalue weighted by Crippen LogP contribution is -2.24. The van der Waals surface area contributed by atoms with Crippen LogP contribution in [0.15, 0.2) is 24.3 Å². The van der Waals surface area contributed by atoms with Crippen molar-refractivity contribution in [2.45, 2.75) is 26.2 Å². The van der Waals surface area contributed by atoms with Crippen molar-refractivity contribution >= 4 is 23.5 Å². The van der Waals surface area contributed by atoms with Crippen molar-refractivity contribution in [2.75, 3.05) is 5.32 Å². The van der Waals surface area contributed by atoms with Crippen molar-refractivity contribution < 1.29 is 24.2 Å². The van der Waals surface area contributed by atoms with E-state index in [2.05, 4.69) is 5.32 Å². The summed E-state index contributed by atoms with van der Waals surface area (Å²) in [6.07, 6.45) is -0.186. The van der Waals surface area contributed by atoms with Crippen LogP contribution in [0.3, 0.4) is 0 Å². The Labute approximate surface area is 110 Å². The summed E-state index contributed by atoms with van der Waals surface area (Å²) in [6.45, 7) is 1.69. The minimum absolute atomic E-state index is 0.144.